The summed E-state index contributed by atoms with van der Waals surface area (Å²) < 4.78 is 11.5. The van der Waals surface area contributed by atoms with Gasteiger partial charge < -0.3 is 14.6 Å². The van der Waals surface area contributed by atoms with E-state index >= 15 is 0 Å². The number of carbonyl (C=O) groups excluding carboxylic acids is 1. The summed E-state index contributed by atoms with van der Waals surface area (Å²) in [6.45, 7) is 6.98. The molecule has 1 aliphatic rings. The molecule has 0 aliphatic carbocycles. The molecule has 1 rings (SSSR count). The summed E-state index contributed by atoms with van der Waals surface area (Å²) in [6.07, 6.45) is 19.3. The van der Waals surface area contributed by atoms with Gasteiger partial charge in [-0.1, -0.05) is 104 Å². The zero-order chi connectivity index (χ0) is 22.0. The van der Waals surface area contributed by atoms with Crippen LogP contribution < -0.4 is 0 Å². The molecule has 0 radical (unpaired) electrons. The van der Waals surface area contributed by atoms with Crippen LogP contribution in [0, 0.1) is 5.92 Å². The first-order valence-electron chi connectivity index (χ1n) is 13.1. The van der Waals surface area contributed by atoms with Gasteiger partial charge in [-0.05, 0) is 25.7 Å². The second kappa shape index (κ2) is 18.2. The molecule has 1 saturated heterocycles. The van der Waals surface area contributed by atoms with Crippen LogP contribution in [-0.2, 0) is 14.3 Å². The molecule has 1 heterocycles. The fraction of sp³-hybridized carbons (Fsp3) is 0.962. The lowest BCUT2D eigenvalue weighted by atomic mass is 9.94. The minimum absolute atomic E-state index is 0.132. The summed E-state index contributed by atoms with van der Waals surface area (Å²) in [6, 6.07) is 0. The Morgan fingerprint density at radius 3 is 1.83 bits per heavy atom. The van der Waals surface area contributed by atoms with Crippen LogP contribution in [0.5, 0.6) is 0 Å². The number of ketones is 1. The van der Waals surface area contributed by atoms with E-state index in [1.54, 1.807) is 0 Å². The second-order valence-corrected chi connectivity index (χ2v) is 9.45. The summed E-state index contributed by atoms with van der Waals surface area (Å²) in [7, 11) is 0. The Kier molecular flexibility index (Phi) is 16.7. The SMILES string of the molecule is CCCCCCCCCCC(CCCCCCCC)COC1O[C@@H](C)C[C@@H](O)C1=O. The van der Waals surface area contributed by atoms with E-state index in [1.165, 1.54) is 103 Å². The fourth-order valence-corrected chi connectivity index (χ4v) is 4.36. The quantitative estimate of drug-likeness (QED) is 0.227. The maximum atomic E-state index is 12.2. The third-order valence-electron chi connectivity index (χ3n) is 6.39. The van der Waals surface area contributed by atoms with Gasteiger partial charge in [-0.3, -0.25) is 4.79 Å². The standard InChI is InChI=1S/C26H50O4/c1-4-6-8-10-12-13-15-17-19-23(18-16-14-11-9-7-5-2)21-29-26-25(28)24(27)20-22(3)30-26/h22-24,26-27H,4-21H2,1-3H3/t22-,23?,24+,26?/m0/s1. The molecule has 0 aromatic carbocycles. The molecule has 0 saturated carbocycles. The Balaban J connectivity index is 2.31. The van der Waals surface area contributed by atoms with E-state index in [1.807, 2.05) is 6.92 Å². The molecule has 0 aromatic rings. The van der Waals surface area contributed by atoms with Gasteiger partial charge in [0.15, 0.2) is 0 Å². The van der Waals surface area contributed by atoms with Crippen molar-refractivity contribution in [1.29, 1.82) is 0 Å². The van der Waals surface area contributed by atoms with E-state index in [-0.39, 0.29) is 11.9 Å². The molecule has 4 heteroatoms. The molecular formula is C26H50O4. The lowest BCUT2D eigenvalue weighted by Gasteiger charge is -2.30. The molecule has 4 atom stereocenters. The maximum Gasteiger partial charge on any atom is 0.220 e. The highest BCUT2D eigenvalue weighted by Gasteiger charge is 2.35. The molecule has 1 aliphatic heterocycles. The number of aliphatic hydroxyl groups is 1. The smallest absolute Gasteiger partial charge is 0.220 e. The molecule has 178 valence electrons. The lowest BCUT2D eigenvalue weighted by Crippen LogP contribution is -2.45. The van der Waals surface area contributed by atoms with Gasteiger partial charge in [-0.25, -0.2) is 0 Å². The van der Waals surface area contributed by atoms with Crippen molar-refractivity contribution in [2.45, 2.75) is 148 Å². The first-order valence-corrected chi connectivity index (χ1v) is 13.1. The van der Waals surface area contributed by atoms with Gasteiger partial charge >= 0.3 is 0 Å². The van der Waals surface area contributed by atoms with Crippen molar-refractivity contribution >= 4 is 5.78 Å². The molecule has 30 heavy (non-hydrogen) atoms. The third-order valence-corrected chi connectivity index (χ3v) is 6.39. The van der Waals surface area contributed by atoms with Crippen LogP contribution in [0.1, 0.15) is 130 Å². The van der Waals surface area contributed by atoms with Crippen LogP contribution in [0.3, 0.4) is 0 Å². The van der Waals surface area contributed by atoms with Gasteiger partial charge in [0.2, 0.25) is 12.1 Å². The summed E-state index contributed by atoms with van der Waals surface area (Å²) >= 11 is 0. The number of rotatable bonds is 19. The number of ether oxygens (including phenoxy) is 2. The van der Waals surface area contributed by atoms with Crippen molar-refractivity contribution in [2.24, 2.45) is 5.92 Å². The summed E-state index contributed by atoms with van der Waals surface area (Å²) in [4.78, 5) is 12.2. The number of hydrogen-bond donors (Lipinski definition) is 1. The highest BCUT2D eigenvalue weighted by atomic mass is 16.7. The zero-order valence-electron chi connectivity index (χ0n) is 20.2. The first-order chi connectivity index (χ1) is 14.6. The van der Waals surface area contributed by atoms with Gasteiger partial charge in [-0.15, -0.1) is 0 Å². The minimum Gasteiger partial charge on any atom is -0.385 e. The van der Waals surface area contributed by atoms with Gasteiger partial charge in [0.1, 0.15) is 6.10 Å². The Bertz CT molecular complexity index is 412. The molecular weight excluding hydrogens is 376 g/mol. The van der Waals surface area contributed by atoms with Crippen molar-refractivity contribution in [3.8, 4) is 0 Å². The van der Waals surface area contributed by atoms with E-state index in [0.29, 0.717) is 18.9 Å². The Morgan fingerprint density at radius 2 is 1.33 bits per heavy atom. The third kappa shape index (κ3) is 13.1. The Morgan fingerprint density at radius 1 is 0.867 bits per heavy atom. The van der Waals surface area contributed by atoms with Crippen molar-refractivity contribution in [3.05, 3.63) is 0 Å². The van der Waals surface area contributed by atoms with Crippen LogP contribution in [0.25, 0.3) is 0 Å². The molecule has 1 N–H and O–H groups in total. The second-order valence-electron chi connectivity index (χ2n) is 9.45. The van der Waals surface area contributed by atoms with E-state index in [9.17, 15) is 9.90 Å². The number of hydrogen-bond acceptors (Lipinski definition) is 4. The summed E-state index contributed by atoms with van der Waals surface area (Å²) in [5.74, 6) is 0.181. The molecule has 0 amide bonds. The molecule has 0 aromatic heterocycles. The van der Waals surface area contributed by atoms with Crippen molar-refractivity contribution in [1.82, 2.24) is 0 Å². The van der Waals surface area contributed by atoms with E-state index in [4.69, 9.17) is 9.47 Å². The predicted octanol–water partition coefficient (Wildman–Crippen LogP) is 6.97. The maximum absolute atomic E-state index is 12.2. The van der Waals surface area contributed by atoms with E-state index in [2.05, 4.69) is 13.8 Å². The van der Waals surface area contributed by atoms with Crippen molar-refractivity contribution in [3.63, 3.8) is 0 Å². The highest BCUT2D eigenvalue weighted by Crippen LogP contribution is 2.23. The van der Waals surface area contributed by atoms with Gasteiger partial charge in [-0.2, -0.15) is 0 Å². The number of carbonyl (C=O) groups is 1. The lowest BCUT2D eigenvalue weighted by molar-refractivity contribution is -0.210. The van der Waals surface area contributed by atoms with Crippen LogP contribution in [0.2, 0.25) is 0 Å². The van der Waals surface area contributed by atoms with E-state index < -0.39 is 12.4 Å². The largest absolute Gasteiger partial charge is 0.385 e. The molecule has 0 bridgehead atoms. The topological polar surface area (TPSA) is 55.8 Å². The van der Waals surface area contributed by atoms with Gasteiger partial charge in [0.25, 0.3) is 0 Å². The highest BCUT2D eigenvalue weighted by molar-refractivity contribution is 5.86. The minimum atomic E-state index is -0.941. The predicted molar refractivity (Wildman–Crippen MR) is 125 cm³/mol. The monoisotopic (exact) mass is 426 g/mol. The number of unbranched alkanes of at least 4 members (excludes halogenated alkanes) is 12. The first kappa shape index (κ1) is 27.6. The Hall–Kier alpha value is -0.450. The average molecular weight is 427 g/mol. The zero-order valence-corrected chi connectivity index (χ0v) is 20.2. The normalized spacial score (nSPS) is 23.1. The van der Waals surface area contributed by atoms with Crippen molar-refractivity contribution < 1.29 is 19.4 Å². The average Bonchev–Trinajstić information content (AvgIpc) is 2.73. The molecule has 4 nitrogen and oxygen atoms in total. The van der Waals surface area contributed by atoms with Crippen LogP contribution in [0.15, 0.2) is 0 Å². The Labute approximate surface area is 186 Å². The summed E-state index contributed by atoms with van der Waals surface area (Å²) in [5.41, 5.74) is 0. The van der Waals surface area contributed by atoms with Gasteiger partial charge in [0.05, 0.1) is 12.7 Å². The van der Waals surface area contributed by atoms with E-state index in [0.717, 1.165) is 0 Å². The van der Waals surface area contributed by atoms with Crippen molar-refractivity contribution in [2.75, 3.05) is 6.61 Å². The fourth-order valence-electron chi connectivity index (χ4n) is 4.36. The van der Waals surface area contributed by atoms with Crippen LogP contribution in [-0.4, -0.2) is 36.0 Å². The molecule has 2 unspecified atom stereocenters. The molecule has 0 spiro atoms. The number of aliphatic hydroxyl groups excluding tert-OH is 1. The summed E-state index contributed by atoms with van der Waals surface area (Å²) in [5, 5.41) is 9.90. The van der Waals surface area contributed by atoms with Gasteiger partial charge in [0, 0.05) is 6.42 Å². The van der Waals surface area contributed by atoms with Crippen LogP contribution in [0.4, 0.5) is 0 Å². The molecule has 1 fully saturated rings. The van der Waals surface area contributed by atoms with Crippen LogP contribution >= 0.6 is 0 Å². The number of Topliss-reactive ketones (excluding diaryl/α,β-unsaturated/α-hetero) is 1.